The van der Waals surface area contributed by atoms with E-state index in [0.29, 0.717) is 13.2 Å². The average Bonchev–Trinajstić information content (AvgIpc) is 2.75. The van der Waals surface area contributed by atoms with E-state index in [2.05, 4.69) is 0 Å². The van der Waals surface area contributed by atoms with E-state index in [1.165, 1.54) is 0 Å². The lowest BCUT2D eigenvalue weighted by Gasteiger charge is -2.25. The summed E-state index contributed by atoms with van der Waals surface area (Å²) in [6, 6.07) is 27.3. The Morgan fingerprint density at radius 1 is 0.714 bits per heavy atom. The molecule has 0 aromatic heterocycles. The molecule has 2 atom stereocenters. The molecule has 0 heterocycles. The molecule has 0 saturated heterocycles. The average molecular weight is 378 g/mol. The number of hydrogen-bond donors (Lipinski definition) is 0. The second-order valence-corrected chi connectivity index (χ2v) is 6.46. The van der Waals surface area contributed by atoms with Gasteiger partial charge in [-0.1, -0.05) is 48.5 Å². The predicted molar refractivity (Wildman–Crippen MR) is 110 cm³/mol. The van der Waals surface area contributed by atoms with Gasteiger partial charge in [0, 0.05) is 0 Å². The zero-order valence-electron chi connectivity index (χ0n) is 16.3. The van der Waals surface area contributed by atoms with Crippen LogP contribution in [0.1, 0.15) is 12.5 Å². The second kappa shape index (κ2) is 10.4. The number of ether oxygens (including phenoxy) is 4. The van der Waals surface area contributed by atoms with Crippen molar-refractivity contribution >= 4 is 0 Å². The van der Waals surface area contributed by atoms with E-state index in [1.54, 1.807) is 7.11 Å². The highest BCUT2D eigenvalue weighted by molar-refractivity contribution is 5.27. The van der Waals surface area contributed by atoms with Crippen LogP contribution in [0.25, 0.3) is 0 Å². The lowest BCUT2D eigenvalue weighted by atomic mass is 10.2. The fourth-order valence-corrected chi connectivity index (χ4v) is 2.73. The first kappa shape index (κ1) is 19.8. The Morgan fingerprint density at radius 2 is 1.32 bits per heavy atom. The van der Waals surface area contributed by atoms with Gasteiger partial charge in [0.05, 0.1) is 13.7 Å². The molecule has 3 aromatic carbocycles. The minimum atomic E-state index is -0.234. The molecule has 0 N–H and O–H groups in total. The summed E-state index contributed by atoms with van der Waals surface area (Å²) in [6.07, 6.45) is -0.410. The molecule has 0 amide bonds. The highest BCUT2D eigenvalue weighted by Crippen LogP contribution is 2.18. The van der Waals surface area contributed by atoms with Gasteiger partial charge in [-0.2, -0.15) is 0 Å². The molecule has 3 aromatic rings. The quantitative estimate of drug-likeness (QED) is 0.490. The first-order valence-electron chi connectivity index (χ1n) is 9.38. The van der Waals surface area contributed by atoms with Gasteiger partial charge in [0.2, 0.25) is 0 Å². The summed E-state index contributed by atoms with van der Waals surface area (Å²) in [5.74, 6) is 2.45. The summed E-state index contributed by atoms with van der Waals surface area (Å²) < 4.78 is 23.4. The topological polar surface area (TPSA) is 36.9 Å². The Morgan fingerprint density at radius 3 is 1.93 bits per heavy atom. The van der Waals surface area contributed by atoms with Crippen molar-refractivity contribution in [1.29, 1.82) is 0 Å². The van der Waals surface area contributed by atoms with Gasteiger partial charge in [-0.3, -0.25) is 0 Å². The van der Waals surface area contributed by atoms with E-state index in [4.69, 9.17) is 18.9 Å². The van der Waals surface area contributed by atoms with Crippen molar-refractivity contribution in [3.63, 3.8) is 0 Å². The van der Waals surface area contributed by atoms with Gasteiger partial charge in [0.15, 0.2) is 0 Å². The minimum absolute atomic E-state index is 0.177. The molecular weight excluding hydrogens is 352 g/mol. The summed E-state index contributed by atoms with van der Waals surface area (Å²) in [6.45, 7) is 2.86. The smallest absolute Gasteiger partial charge is 0.128 e. The molecule has 0 aliphatic heterocycles. The summed E-state index contributed by atoms with van der Waals surface area (Å²) >= 11 is 0. The lowest BCUT2D eigenvalue weighted by Crippen LogP contribution is -2.36. The number of benzene rings is 3. The maximum Gasteiger partial charge on any atom is 0.128 e. The van der Waals surface area contributed by atoms with E-state index < -0.39 is 0 Å². The third kappa shape index (κ3) is 6.03. The third-order valence-electron chi connectivity index (χ3n) is 4.37. The van der Waals surface area contributed by atoms with Crippen LogP contribution in [0.3, 0.4) is 0 Å². The highest BCUT2D eigenvalue weighted by Gasteiger charge is 2.21. The van der Waals surface area contributed by atoms with Crippen molar-refractivity contribution in [2.24, 2.45) is 0 Å². The Labute approximate surface area is 166 Å². The molecule has 0 spiro atoms. The molecule has 0 aliphatic rings. The Hall–Kier alpha value is -2.98. The Kier molecular flexibility index (Phi) is 7.33. The van der Waals surface area contributed by atoms with Gasteiger partial charge in [0.25, 0.3) is 0 Å². The zero-order chi connectivity index (χ0) is 19.6. The van der Waals surface area contributed by atoms with Gasteiger partial charge in [-0.25, -0.2) is 0 Å². The standard InChI is InChI=1S/C24H26O4/c1-19(28-23-11-7-4-8-12-23)24(18-26-22-9-5-3-6-10-22)27-17-20-13-15-21(25-2)16-14-20/h3-16,19,24H,17-18H2,1-2H3/t19-,24?/m0/s1. The van der Waals surface area contributed by atoms with E-state index >= 15 is 0 Å². The second-order valence-electron chi connectivity index (χ2n) is 6.46. The molecule has 1 unspecified atom stereocenters. The number of rotatable bonds is 10. The van der Waals surface area contributed by atoms with Crippen molar-refractivity contribution < 1.29 is 18.9 Å². The molecule has 4 heteroatoms. The summed E-state index contributed by atoms with van der Waals surface area (Å²) in [5.41, 5.74) is 1.07. The van der Waals surface area contributed by atoms with Crippen LogP contribution in [-0.4, -0.2) is 25.9 Å². The van der Waals surface area contributed by atoms with Crippen LogP contribution in [0.5, 0.6) is 17.2 Å². The molecule has 3 rings (SSSR count). The summed E-state index contributed by atoms with van der Waals surface area (Å²) in [5, 5.41) is 0. The van der Waals surface area contributed by atoms with Crippen molar-refractivity contribution in [2.75, 3.05) is 13.7 Å². The fourth-order valence-electron chi connectivity index (χ4n) is 2.73. The lowest BCUT2D eigenvalue weighted by molar-refractivity contribution is -0.0499. The maximum absolute atomic E-state index is 6.17. The van der Waals surface area contributed by atoms with Gasteiger partial charge < -0.3 is 18.9 Å². The SMILES string of the molecule is COc1ccc(COC(COc2ccccc2)[C@H](C)Oc2ccccc2)cc1. The minimum Gasteiger partial charge on any atom is -0.497 e. The molecule has 0 radical (unpaired) electrons. The van der Waals surface area contributed by atoms with E-state index in [-0.39, 0.29) is 12.2 Å². The summed E-state index contributed by atoms with van der Waals surface area (Å²) in [4.78, 5) is 0. The molecule has 0 aliphatic carbocycles. The van der Waals surface area contributed by atoms with Crippen LogP contribution in [0.2, 0.25) is 0 Å². The van der Waals surface area contributed by atoms with Crippen LogP contribution >= 0.6 is 0 Å². The zero-order valence-corrected chi connectivity index (χ0v) is 16.3. The van der Waals surface area contributed by atoms with Crippen LogP contribution in [0.15, 0.2) is 84.9 Å². The number of methoxy groups -OCH3 is 1. The largest absolute Gasteiger partial charge is 0.497 e. The molecule has 28 heavy (non-hydrogen) atoms. The van der Waals surface area contributed by atoms with E-state index in [0.717, 1.165) is 22.8 Å². The monoisotopic (exact) mass is 378 g/mol. The fraction of sp³-hybridized carbons (Fsp3) is 0.250. The predicted octanol–water partition coefficient (Wildman–Crippen LogP) is 5.13. The van der Waals surface area contributed by atoms with Crippen LogP contribution in [0, 0.1) is 0 Å². The van der Waals surface area contributed by atoms with Crippen molar-refractivity contribution in [3.05, 3.63) is 90.5 Å². The van der Waals surface area contributed by atoms with Gasteiger partial charge >= 0.3 is 0 Å². The highest BCUT2D eigenvalue weighted by atomic mass is 16.6. The van der Waals surface area contributed by atoms with E-state index in [9.17, 15) is 0 Å². The summed E-state index contributed by atoms with van der Waals surface area (Å²) in [7, 11) is 1.66. The Bertz CT molecular complexity index is 803. The molecule has 0 bridgehead atoms. The van der Waals surface area contributed by atoms with Gasteiger partial charge in [0.1, 0.15) is 36.1 Å². The first-order chi connectivity index (χ1) is 13.7. The molecule has 0 fully saturated rings. The normalized spacial score (nSPS) is 12.8. The van der Waals surface area contributed by atoms with Crippen molar-refractivity contribution in [1.82, 2.24) is 0 Å². The van der Waals surface area contributed by atoms with Gasteiger partial charge in [-0.05, 0) is 48.9 Å². The Balaban J connectivity index is 1.63. The van der Waals surface area contributed by atoms with Gasteiger partial charge in [-0.15, -0.1) is 0 Å². The molecule has 146 valence electrons. The molecular formula is C24H26O4. The van der Waals surface area contributed by atoms with Crippen LogP contribution in [0.4, 0.5) is 0 Å². The van der Waals surface area contributed by atoms with E-state index in [1.807, 2.05) is 91.9 Å². The molecule has 4 nitrogen and oxygen atoms in total. The van der Waals surface area contributed by atoms with Crippen molar-refractivity contribution in [2.45, 2.75) is 25.7 Å². The van der Waals surface area contributed by atoms with Crippen molar-refractivity contribution in [3.8, 4) is 17.2 Å². The van der Waals surface area contributed by atoms with Crippen LogP contribution < -0.4 is 14.2 Å². The number of para-hydroxylation sites is 2. The maximum atomic E-state index is 6.17. The third-order valence-corrected chi connectivity index (χ3v) is 4.37. The number of hydrogen-bond acceptors (Lipinski definition) is 4. The first-order valence-corrected chi connectivity index (χ1v) is 9.38. The molecule has 0 saturated carbocycles. The van der Waals surface area contributed by atoms with Crippen LogP contribution in [-0.2, 0) is 11.3 Å².